The van der Waals surface area contributed by atoms with Crippen LogP contribution in [0, 0.1) is 20.8 Å². The van der Waals surface area contributed by atoms with E-state index in [2.05, 4.69) is 10.0 Å². The number of rotatable bonds is 6. The number of hydrogen-bond acceptors (Lipinski definition) is 4. The number of carbonyl (C=O) groups is 1. The van der Waals surface area contributed by atoms with Gasteiger partial charge < -0.3 is 10.1 Å². The summed E-state index contributed by atoms with van der Waals surface area (Å²) in [5, 5.41) is 2.82. The Morgan fingerprint density at radius 3 is 2.46 bits per heavy atom. The van der Waals surface area contributed by atoms with Crippen LogP contribution >= 0.6 is 0 Å². The van der Waals surface area contributed by atoms with E-state index < -0.39 is 10.0 Å². The summed E-state index contributed by atoms with van der Waals surface area (Å²) < 4.78 is 34.0. The molecule has 7 heteroatoms. The first kappa shape index (κ1) is 20.4. The van der Waals surface area contributed by atoms with Gasteiger partial charge in [-0.1, -0.05) is 12.1 Å². The van der Waals surface area contributed by atoms with E-state index in [-0.39, 0.29) is 16.9 Å². The van der Waals surface area contributed by atoms with Gasteiger partial charge in [-0.15, -0.1) is 0 Å². The van der Waals surface area contributed by atoms with Crippen LogP contribution < -0.4 is 10.0 Å². The Morgan fingerprint density at radius 1 is 1.11 bits per heavy atom. The summed E-state index contributed by atoms with van der Waals surface area (Å²) in [6.07, 6.45) is 1.95. The van der Waals surface area contributed by atoms with Gasteiger partial charge in [-0.3, -0.25) is 9.52 Å². The maximum Gasteiger partial charge on any atom is 0.262 e. The van der Waals surface area contributed by atoms with Crippen molar-refractivity contribution in [2.24, 2.45) is 0 Å². The zero-order valence-electron chi connectivity index (χ0n) is 16.4. The van der Waals surface area contributed by atoms with Gasteiger partial charge in [0.25, 0.3) is 15.9 Å². The van der Waals surface area contributed by atoms with Crippen molar-refractivity contribution in [1.82, 2.24) is 5.32 Å². The van der Waals surface area contributed by atoms with E-state index in [0.717, 1.165) is 30.6 Å². The van der Waals surface area contributed by atoms with Gasteiger partial charge in [0.15, 0.2) is 0 Å². The van der Waals surface area contributed by atoms with Gasteiger partial charge in [0.1, 0.15) is 0 Å². The van der Waals surface area contributed by atoms with Crippen LogP contribution in [0.3, 0.4) is 0 Å². The first-order valence-corrected chi connectivity index (χ1v) is 10.8. The molecule has 1 fully saturated rings. The Morgan fingerprint density at radius 2 is 1.82 bits per heavy atom. The maximum absolute atomic E-state index is 12.9. The van der Waals surface area contributed by atoms with Crippen molar-refractivity contribution in [2.75, 3.05) is 17.9 Å². The number of hydrogen-bond donors (Lipinski definition) is 2. The third kappa shape index (κ3) is 4.91. The lowest BCUT2D eigenvalue weighted by atomic mass is 10.1. The van der Waals surface area contributed by atoms with Crippen LogP contribution in [-0.2, 0) is 14.8 Å². The summed E-state index contributed by atoms with van der Waals surface area (Å²) in [5.74, 6) is -0.307. The van der Waals surface area contributed by atoms with E-state index in [1.165, 1.54) is 6.07 Å². The van der Waals surface area contributed by atoms with E-state index in [9.17, 15) is 13.2 Å². The zero-order chi connectivity index (χ0) is 20.3. The molecule has 0 unspecified atom stereocenters. The molecular formula is C21H26N2O4S. The van der Waals surface area contributed by atoms with Crippen molar-refractivity contribution in [2.45, 2.75) is 44.6 Å². The molecule has 2 N–H and O–H groups in total. The second-order valence-electron chi connectivity index (χ2n) is 7.31. The fourth-order valence-corrected chi connectivity index (χ4v) is 4.70. The first-order chi connectivity index (χ1) is 13.2. The Hall–Kier alpha value is -2.38. The monoisotopic (exact) mass is 402 g/mol. The molecule has 0 radical (unpaired) electrons. The van der Waals surface area contributed by atoms with Crippen LogP contribution in [0.2, 0.25) is 0 Å². The second-order valence-corrected chi connectivity index (χ2v) is 8.96. The molecule has 28 heavy (non-hydrogen) atoms. The van der Waals surface area contributed by atoms with Crippen LogP contribution in [0.5, 0.6) is 0 Å². The molecule has 3 rings (SSSR count). The average molecular weight is 403 g/mol. The highest BCUT2D eigenvalue weighted by atomic mass is 32.2. The van der Waals surface area contributed by atoms with Crippen molar-refractivity contribution < 1.29 is 17.9 Å². The molecule has 0 bridgehead atoms. The van der Waals surface area contributed by atoms with Crippen molar-refractivity contribution in [3.8, 4) is 0 Å². The van der Waals surface area contributed by atoms with Crippen LogP contribution in [0.1, 0.15) is 39.9 Å². The van der Waals surface area contributed by atoms with Crippen molar-refractivity contribution in [1.29, 1.82) is 0 Å². The molecule has 6 nitrogen and oxygen atoms in total. The molecule has 0 spiro atoms. The normalized spacial score (nSPS) is 16.8. The van der Waals surface area contributed by atoms with Gasteiger partial charge in [0, 0.05) is 24.4 Å². The summed E-state index contributed by atoms with van der Waals surface area (Å²) in [6, 6.07) is 10.2. The SMILES string of the molecule is Cc1cc(C)cc(NS(=O)(=O)c2cc(C(=O)NC[C@@H]3CCCO3)ccc2C)c1. The Bertz CT molecular complexity index is 960. The number of anilines is 1. The lowest BCUT2D eigenvalue weighted by Crippen LogP contribution is -2.31. The largest absolute Gasteiger partial charge is 0.376 e. The smallest absolute Gasteiger partial charge is 0.262 e. The van der Waals surface area contributed by atoms with Crippen LogP contribution in [0.4, 0.5) is 5.69 Å². The Kier molecular flexibility index (Phi) is 6.05. The number of amides is 1. The summed E-state index contributed by atoms with van der Waals surface area (Å²) in [4.78, 5) is 12.6. The summed E-state index contributed by atoms with van der Waals surface area (Å²) in [5.41, 5.74) is 3.33. The highest BCUT2D eigenvalue weighted by molar-refractivity contribution is 7.92. The molecule has 1 amide bonds. The predicted molar refractivity (Wildman–Crippen MR) is 109 cm³/mol. The minimum Gasteiger partial charge on any atom is -0.376 e. The number of carbonyl (C=O) groups excluding carboxylic acids is 1. The van der Waals surface area contributed by atoms with Gasteiger partial charge in [-0.05, 0) is 74.6 Å². The second kappa shape index (κ2) is 8.32. The van der Waals surface area contributed by atoms with Gasteiger partial charge in [-0.25, -0.2) is 8.42 Å². The van der Waals surface area contributed by atoms with Gasteiger partial charge in [-0.2, -0.15) is 0 Å². The van der Waals surface area contributed by atoms with Crippen LogP contribution in [-0.4, -0.2) is 33.6 Å². The van der Waals surface area contributed by atoms with E-state index in [4.69, 9.17) is 4.74 Å². The lowest BCUT2D eigenvalue weighted by molar-refractivity contribution is 0.0857. The Balaban J connectivity index is 1.80. The van der Waals surface area contributed by atoms with E-state index in [1.54, 1.807) is 31.2 Å². The van der Waals surface area contributed by atoms with Gasteiger partial charge in [0.2, 0.25) is 0 Å². The van der Waals surface area contributed by atoms with Gasteiger partial charge >= 0.3 is 0 Å². The standard InChI is InChI=1S/C21H26N2O4S/c1-14-9-15(2)11-18(10-14)23-28(25,26)20-12-17(7-6-16(20)3)21(24)22-13-19-5-4-8-27-19/h6-7,9-12,19,23H,4-5,8,13H2,1-3H3,(H,22,24)/t19-/m0/s1. The third-order valence-corrected chi connectivity index (χ3v) is 6.25. The molecule has 1 heterocycles. The molecular weight excluding hydrogens is 376 g/mol. The minimum atomic E-state index is -3.82. The number of aryl methyl sites for hydroxylation is 3. The lowest BCUT2D eigenvalue weighted by Gasteiger charge is -2.14. The van der Waals surface area contributed by atoms with Gasteiger partial charge in [0.05, 0.1) is 11.0 Å². The predicted octanol–water partition coefficient (Wildman–Crippen LogP) is 3.32. The number of ether oxygens (including phenoxy) is 1. The minimum absolute atomic E-state index is 0.0313. The third-order valence-electron chi connectivity index (χ3n) is 4.73. The molecule has 1 aliphatic heterocycles. The molecule has 1 aliphatic rings. The number of nitrogens with one attached hydrogen (secondary N) is 2. The fraction of sp³-hybridized carbons (Fsp3) is 0.381. The van der Waals surface area contributed by atoms with E-state index >= 15 is 0 Å². The summed E-state index contributed by atoms with van der Waals surface area (Å²) in [7, 11) is -3.82. The molecule has 2 aromatic rings. The quantitative estimate of drug-likeness (QED) is 0.776. The van der Waals surface area contributed by atoms with E-state index in [1.807, 2.05) is 19.9 Å². The molecule has 2 aromatic carbocycles. The van der Waals surface area contributed by atoms with Crippen molar-refractivity contribution in [3.63, 3.8) is 0 Å². The summed E-state index contributed by atoms with van der Waals surface area (Å²) in [6.45, 7) is 6.68. The molecule has 1 atom stereocenters. The molecule has 0 aromatic heterocycles. The highest BCUT2D eigenvalue weighted by Crippen LogP contribution is 2.22. The molecule has 0 aliphatic carbocycles. The van der Waals surface area contributed by atoms with Crippen LogP contribution in [0.15, 0.2) is 41.3 Å². The average Bonchev–Trinajstić information content (AvgIpc) is 3.12. The Labute approximate surface area is 166 Å². The summed E-state index contributed by atoms with van der Waals surface area (Å²) >= 11 is 0. The fourth-order valence-electron chi connectivity index (χ4n) is 3.39. The maximum atomic E-state index is 12.9. The zero-order valence-corrected chi connectivity index (χ0v) is 17.2. The first-order valence-electron chi connectivity index (χ1n) is 9.36. The molecule has 150 valence electrons. The number of benzene rings is 2. The number of sulfonamides is 1. The molecule has 1 saturated heterocycles. The van der Waals surface area contributed by atoms with Crippen LogP contribution in [0.25, 0.3) is 0 Å². The van der Waals surface area contributed by atoms with Crippen molar-refractivity contribution in [3.05, 3.63) is 58.7 Å². The molecule has 0 saturated carbocycles. The van der Waals surface area contributed by atoms with E-state index in [0.29, 0.717) is 23.4 Å². The topological polar surface area (TPSA) is 84.5 Å². The highest BCUT2D eigenvalue weighted by Gasteiger charge is 2.21. The van der Waals surface area contributed by atoms with Crippen molar-refractivity contribution >= 4 is 21.6 Å².